The van der Waals surface area contributed by atoms with Crippen LogP contribution >= 0.6 is 11.3 Å². The third kappa shape index (κ3) is 3.93. The lowest BCUT2D eigenvalue weighted by Crippen LogP contribution is -2.23. The molecule has 0 saturated heterocycles. The third-order valence-corrected chi connectivity index (χ3v) is 5.06. The van der Waals surface area contributed by atoms with E-state index in [0.717, 1.165) is 27.1 Å². The van der Waals surface area contributed by atoms with Gasteiger partial charge in [0.2, 0.25) is 0 Å². The first-order valence-corrected chi connectivity index (χ1v) is 8.80. The van der Waals surface area contributed by atoms with Gasteiger partial charge in [0.25, 0.3) is 0 Å². The Hall–Kier alpha value is -2.37. The second-order valence-corrected chi connectivity index (χ2v) is 6.72. The molecule has 2 aromatic carbocycles. The molecule has 5 heteroatoms. The number of hydrogen-bond donors (Lipinski definition) is 3. The second-order valence-electron chi connectivity index (χ2n) is 5.60. The van der Waals surface area contributed by atoms with E-state index in [-0.39, 0.29) is 6.54 Å². The van der Waals surface area contributed by atoms with Gasteiger partial charge in [-0.3, -0.25) is 4.99 Å². The predicted octanol–water partition coefficient (Wildman–Crippen LogP) is 3.92. The minimum absolute atomic E-state index is 0.235. The molecule has 0 radical (unpaired) electrons. The van der Waals surface area contributed by atoms with Gasteiger partial charge in [0.05, 0.1) is 6.54 Å². The molecule has 0 bridgehead atoms. The molecular weight excluding hydrogens is 318 g/mol. The number of hydrogen-bond acceptors (Lipinski definition) is 3. The van der Waals surface area contributed by atoms with Crippen molar-refractivity contribution in [1.82, 2.24) is 0 Å². The van der Waals surface area contributed by atoms with Crippen LogP contribution in [-0.2, 0) is 6.42 Å². The van der Waals surface area contributed by atoms with E-state index in [4.69, 9.17) is 5.73 Å². The zero-order valence-electron chi connectivity index (χ0n) is 13.6. The summed E-state index contributed by atoms with van der Waals surface area (Å²) in [7, 11) is 0. The Balaban J connectivity index is 1.62. The maximum absolute atomic E-state index is 10.3. The first-order chi connectivity index (χ1) is 11.7. The largest absolute Gasteiger partial charge is 0.386 e. The molecule has 1 unspecified atom stereocenters. The van der Waals surface area contributed by atoms with Gasteiger partial charge in [-0.15, -0.1) is 11.3 Å². The van der Waals surface area contributed by atoms with Crippen molar-refractivity contribution in [3.8, 4) is 0 Å². The highest BCUT2D eigenvalue weighted by atomic mass is 32.1. The normalized spacial score (nSPS) is 13.2. The number of aliphatic hydroxyl groups is 1. The quantitative estimate of drug-likeness (QED) is 0.487. The number of rotatable bonds is 5. The van der Waals surface area contributed by atoms with Crippen molar-refractivity contribution in [3.05, 3.63) is 65.0 Å². The molecular formula is C19H21N3OS. The lowest BCUT2D eigenvalue weighted by molar-refractivity contribution is 0.191. The van der Waals surface area contributed by atoms with Gasteiger partial charge >= 0.3 is 0 Å². The van der Waals surface area contributed by atoms with Gasteiger partial charge in [-0.1, -0.05) is 37.3 Å². The van der Waals surface area contributed by atoms with E-state index in [0.29, 0.717) is 5.96 Å². The van der Waals surface area contributed by atoms with Gasteiger partial charge in [0.1, 0.15) is 6.10 Å². The maximum atomic E-state index is 10.3. The number of aliphatic imine (C=N–C) groups is 1. The van der Waals surface area contributed by atoms with Crippen LogP contribution in [0.2, 0.25) is 0 Å². The van der Waals surface area contributed by atoms with Crippen LogP contribution in [0.5, 0.6) is 0 Å². The Labute approximate surface area is 145 Å². The Kier molecular flexibility index (Phi) is 5.13. The standard InChI is InChI=1S/C19H21N3OS/c1-2-13-7-9-15(10-8-13)22-19(20)21-12-16(23)18-11-14-5-3-4-6-17(14)24-18/h3-11,16,23H,2,12H2,1H3,(H3,20,21,22). The average Bonchev–Trinajstić information content (AvgIpc) is 3.04. The Morgan fingerprint density at radius 3 is 2.67 bits per heavy atom. The number of nitrogens with two attached hydrogens (primary N) is 1. The first-order valence-electron chi connectivity index (χ1n) is 7.98. The predicted molar refractivity (Wildman–Crippen MR) is 103 cm³/mol. The minimum Gasteiger partial charge on any atom is -0.386 e. The van der Waals surface area contributed by atoms with E-state index in [1.807, 2.05) is 36.4 Å². The fraction of sp³-hybridized carbons (Fsp3) is 0.211. The molecule has 0 saturated carbocycles. The number of fused-ring (bicyclic) bond motifs is 1. The molecule has 1 atom stereocenters. The fourth-order valence-electron chi connectivity index (χ4n) is 2.45. The monoisotopic (exact) mass is 339 g/mol. The molecule has 1 aromatic heterocycles. The highest BCUT2D eigenvalue weighted by molar-refractivity contribution is 7.19. The Morgan fingerprint density at radius 2 is 1.96 bits per heavy atom. The van der Waals surface area contributed by atoms with Crippen LogP contribution in [0.15, 0.2) is 59.6 Å². The molecule has 124 valence electrons. The van der Waals surface area contributed by atoms with Crippen LogP contribution < -0.4 is 11.1 Å². The van der Waals surface area contributed by atoms with Crippen LogP contribution in [-0.4, -0.2) is 17.6 Å². The number of anilines is 1. The van der Waals surface area contributed by atoms with Crippen molar-refractivity contribution < 1.29 is 5.11 Å². The van der Waals surface area contributed by atoms with Gasteiger partial charge in [-0.2, -0.15) is 0 Å². The molecule has 0 spiro atoms. The summed E-state index contributed by atoms with van der Waals surface area (Å²) in [5.41, 5.74) is 8.08. The maximum Gasteiger partial charge on any atom is 0.193 e. The number of thiophene rings is 1. The first kappa shape index (κ1) is 16.5. The van der Waals surface area contributed by atoms with Crippen molar-refractivity contribution in [1.29, 1.82) is 0 Å². The summed E-state index contributed by atoms with van der Waals surface area (Å²) in [5, 5.41) is 14.5. The van der Waals surface area contributed by atoms with E-state index in [1.165, 1.54) is 5.56 Å². The molecule has 24 heavy (non-hydrogen) atoms. The molecule has 4 N–H and O–H groups in total. The summed E-state index contributed by atoms with van der Waals surface area (Å²) in [4.78, 5) is 5.15. The highest BCUT2D eigenvalue weighted by Crippen LogP contribution is 2.29. The summed E-state index contributed by atoms with van der Waals surface area (Å²) in [6.45, 7) is 2.35. The van der Waals surface area contributed by atoms with E-state index in [1.54, 1.807) is 11.3 Å². The average molecular weight is 339 g/mol. The smallest absolute Gasteiger partial charge is 0.193 e. The molecule has 3 aromatic rings. The van der Waals surface area contributed by atoms with Crippen LogP contribution in [0.4, 0.5) is 5.69 Å². The molecule has 4 nitrogen and oxygen atoms in total. The molecule has 0 aliphatic heterocycles. The number of nitrogens with one attached hydrogen (secondary N) is 1. The summed E-state index contributed by atoms with van der Waals surface area (Å²) >= 11 is 1.58. The van der Waals surface area contributed by atoms with Gasteiger partial charge in [-0.25, -0.2) is 0 Å². The van der Waals surface area contributed by atoms with Gasteiger partial charge < -0.3 is 16.2 Å². The number of aliphatic hydroxyl groups excluding tert-OH is 1. The molecule has 0 aliphatic rings. The summed E-state index contributed by atoms with van der Waals surface area (Å²) in [5.74, 6) is 0.305. The van der Waals surface area contributed by atoms with E-state index < -0.39 is 6.10 Å². The Bertz CT molecular complexity index is 806. The number of nitrogens with zero attached hydrogens (tertiary/aromatic N) is 1. The number of aryl methyl sites for hydroxylation is 1. The molecule has 1 heterocycles. The minimum atomic E-state index is -0.648. The SMILES string of the molecule is CCc1ccc(NC(N)=NCC(O)c2cc3ccccc3s2)cc1. The van der Waals surface area contributed by atoms with Crippen molar-refractivity contribution in [2.24, 2.45) is 10.7 Å². The molecule has 0 amide bonds. The van der Waals surface area contributed by atoms with E-state index in [9.17, 15) is 5.11 Å². The summed E-state index contributed by atoms with van der Waals surface area (Å²) < 4.78 is 1.16. The van der Waals surface area contributed by atoms with Crippen LogP contribution in [0.25, 0.3) is 10.1 Å². The summed E-state index contributed by atoms with van der Waals surface area (Å²) in [6, 6.07) is 18.2. The fourth-order valence-corrected chi connectivity index (χ4v) is 3.49. The van der Waals surface area contributed by atoms with Gasteiger partial charge in [-0.05, 0) is 41.6 Å². The van der Waals surface area contributed by atoms with Crippen molar-refractivity contribution in [2.75, 3.05) is 11.9 Å². The van der Waals surface area contributed by atoms with Crippen LogP contribution in [0.1, 0.15) is 23.5 Å². The van der Waals surface area contributed by atoms with Crippen molar-refractivity contribution in [2.45, 2.75) is 19.4 Å². The molecule has 0 fully saturated rings. The lowest BCUT2D eigenvalue weighted by atomic mass is 10.1. The zero-order valence-corrected chi connectivity index (χ0v) is 14.4. The van der Waals surface area contributed by atoms with E-state index >= 15 is 0 Å². The van der Waals surface area contributed by atoms with Gasteiger partial charge in [0, 0.05) is 15.3 Å². The van der Waals surface area contributed by atoms with Crippen LogP contribution in [0.3, 0.4) is 0 Å². The molecule has 0 aliphatic carbocycles. The number of benzene rings is 2. The van der Waals surface area contributed by atoms with Crippen molar-refractivity contribution >= 4 is 33.1 Å². The second kappa shape index (κ2) is 7.47. The molecule has 3 rings (SSSR count). The summed E-state index contributed by atoms with van der Waals surface area (Å²) in [6.07, 6.45) is 0.357. The Morgan fingerprint density at radius 1 is 1.21 bits per heavy atom. The van der Waals surface area contributed by atoms with E-state index in [2.05, 4.69) is 35.4 Å². The highest BCUT2D eigenvalue weighted by Gasteiger charge is 2.11. The third-order valence-electron chi connectivity index (χ3n) is 3.84. The zero-order chi connectivity index (χ0) is 16.9. The number of guanidine groups is 1. The lowest BCUT2D eigenvalue weighted by Gasteiger charge is -2.08. The van der Waals surface area contributed by atoms with Crippen molar-refractivity contribution in [3.63, 3.8) is 0 Å². The van der Waals surface area contributed by atoms with Gasteiger partial charge in [0.15, 0.2) is 5.96 Å². The topological polar surface area (TPSA) is 70.6 Å². The van der Waals surface area contributed by atoms with Crippen LogP contribution in [0, 0.1) is 0 Å².